The number of benzene rings is 2. The first-order chi connectivity index (χ1) is 12.6. The summed E-state index contributed by atoms with van der Waals surface area (Å²) < 4.78 is 1.84. The lowest BCUT2D eigenvalue weighted by atomic mass is 10.1. The summed E-state index contributed by atoms with van der Waals surface area (Å²) in [4.78, 5) is 4.87. The Hall–Kier alpha value is -2.85. The molecule has 0 aliphatic heterocycles. The smallest absolute Gasteiger partial charge is 0.165 e. The van der Waals surface area contributed by atoms with Gasteiger partial charge in [-0.1, -0.05) is 61.8 Å². The Morgan fingerprint density at radius 2 is 1.81 bits per heavy atom. The highest BCUT2D eigenvalue weighted by atomic mass is 35.5. The second-order valence-corrected chi connectivity index (χ2v) is 6.95. The number of nitrogens with zero attached hydrogens (tertiary/aromatic N) is 3. The third-order valence-electron chi connectivity index (χ3n) is 4.26. The van der Waals surface area contributed by atoms with Gasteiger partial charge in [0.05, 0.1) is 6.20 Å². The maximum atomic E-state index is 6.12. The van der Waals surface area contributed by atoms with Gasteiger partial charge in [-0.3, -0.25) is 0 Å². The number of nitrogens with one attached hydrogen (secondary N) is 1. The Kier molecular flexibility index (Phi) is 4.35. The van der Waals surface area contributed by atoms with Crippen LogP contribution in [0.1, 0.15) is 25.5 Å². The summed E-state index contributed by atoms with van der Waals surface area (Å²) in [5, 5.41) is 8.69. The molecule has 4 rings (SSSR count). The third kappa shape index (κ3) is 3.16. The number of aromatic nitrogens is 3. The third-order valence-corrected chi connectivity index (χ3v) is 4.50. The van der Waals surface area contributed by atoms with Crippen molar-refractivity contribution in [2.24, 2.45) is 0 Å². The Balaban J connectivity index is 1.88. The predicted molar refractivity (Wildman–Crippen MR) is 107 cm³/mol. The molecule has 2 aromatic heterocycles. The molecule has 0 atom stereocenters. The summed E-state index contributed by atoms with van der Waals surface area (Å²) in [6, 6.07) is 19.9. The quantitative estimate of drug-likeness (QED) is 0.490. The van der Waals surface area contributed by atoms with Gasteiger partial charge in [0.2, 0.25) is 0 Å². The van der Waals surface area contributed by atoms with Crippen LogP contribution >= 0.6 is 11.6 Å². The van der Waals surface area contributed by atoms with E-state index in [1.165, 1.54) is 0 Å². The standard InChI is InChI=1S/C21H19ClN4/c1-14(2)19-12-20(24-17-10-6-9-16(22)11-17)26-21(25-19)18(13-23-26)15-7-4-3-5-8-15/h3-14,24H,1-2H3. The van der Waals surface area contributed by atoms with Gasteiger partial charge in [0, 0.05) is 28.0 Å². The highest BCUT2D eigenvalue weighted by Gasteiger charge is 2.14. The average Bonchev–Trinajstić information content (AvgIpc) is 3.07. The average molecular weight is 363 g/mol. The number of hydrogen-bond donors (Lipinski definition) is 1. The number of hydrogen-bond acceptors (Lipinski definition) is 3. The summed E-state index contributed by atoms with van der Waals surface area (Å²) in [5.41, 5.74) is 4.88. The molecule has 26 heavy (non-hydrogen) atoms. The molecule has 0 amide bonds. The van der Waals surface area contributed by atoms with E-state index in [1.807, 2.05) is 59.2 Å². The second-order valence-electron chi connectivity index (χ2n) is 6.52. The van der Waals surface area contributed by atoms with E-state index < -0.39 is 0 Å². The van der Waals surface area contributed by atoms with Gasteiger partial charge in [0.25, 0.3) is 0 Å². The summed E-state index contributed by atoms with van der Waals surface area (Å²) in [7, 11) is 0. The van der Waals surface area contributed by atoms with E-state index in [9.17, 15) is 0 Å². The van der Waals surface area contributed by atoms with Crippen molar-refractivity contribution >= 4 is 28.8 Å². The van der Waals surface area contributed by atoms with Gasteiger partial charge in [-0.05, 0) is 29.7 Å². The van der Waals surface area contributed by atoms with Crippen molar-refractivity contribution in [3.05, 3.63) is 77.6 Å². The van der Waals surface area contributed by atoms with Crippen LogP contribution in [0, 0.1) is 0 Å². The Morgan fingerprint density at radius 1 is 1.00 bits per heavy atom. The van der Waals surface area contributed by atoms with E-state index >= 15 is 0 Å². The molecule has 0 bridgehead atoms. The molecule has 0 spiro atoms. The van der Waals surface area contributed by atoms with Crippen LogP contribution in [-0.4, -0.2) is 14.6 Å². The fourth-order valence-corrected chi connectivity index (χ4v) is 3.09. The molecule has 1 N–H and O–H groups in total. The first kappa shape index (κ1) is 16.6. The lowest BCUT2D eigenvalue weighted by Crippen LogP contribution is -2.05. The van der Waals surface area contributed by atoms with Gasteiger partial charge >= 0.3 is 0 Å². The molecule has 0 radical (unpaired) electrons. The van der Waals surface area contributed by atoms with Crippen molar-refractivity contribution in [3.63, 3.8) is 0 Å². The lowest BCUT2D eigenvalue weighted by molar-refractivity contribution is 0.811. The number of anilines is 2. The minimum Gasteiger partial charge on any atom is -0.340 e. The van der Waals surface area contributed by atoms with Gasteiger partial charge in [-0.15, -0.1) is 0 Å². The summed E-state index contributed by atoms with van der Waals surface area (Å²) in [6.45, 7) is 4.28. The first-order valence-electron chi connectivity index (χ1n) is 8.58. The predicted octanol–water partition coefficient (Wildman–Crippen LogP) is 5.92. The molecule has 2 aromatic carbocycles. The SMILES string of the molecule is CC(C)c1cc(Nc2cccc(Cl)c2)n2ncc(-c3ccccc3)c2n1. The summed E-state index contributed by atoms with van der Waals surface area (Å²) in [5.74, 6) is 1.17. The van der Waals surface area contributed by atoms with Gasteiger partial charge in [-0.25, -0.2) is 4.98 Å². The highest BCUT2D eigenvalue weighted by Crippen LogP contribution is 2.29. The zero-order chi connectivity index (χ0) is 18.1. The van der Waals surface area contributed by atoms with Gasteiger partial charge in [-0.2, -0.15) is 9.61 Å². The van der Waals surface area contributed by atoms with Crippen LogP contribution in [0.3, 0.4) is 0 Å². The van der Waals surface area contributed by atoms with Crippen molar-refractivity contribution in [3.8, 4) is 11.1 Å². The Bertz CT molecular complexity index is 1050. The molecule has 0 saturated heterocycles. The molecule has 130 valence electrons. The van der Waals surface area contributed by atoms with E-state index in [1.54, 1.807) is 0 Å². The normalized spacial score (nSPS) is 11.2. The number of rotatable bonds is 4. The topological polar surface area (TPSA) is 42.2 Å². The molecule has 0 unspecified atom stereocenters. The van der Waals surface area contributed by atoms with Crippen LogP contribution in [0.25, 0.3) is 16.8 Å². The molecule has 0 aliphatic rings. The van der Waals surface area contributed by atoms with Gasteiger partial charge in [0.15, 0.2) is 5.65 Å². The van der Waals surface area contributed by atoms with E-state index in [-0.39, 0.29) is 0 Å². The molecule has 4 aromatic rings. The minimum atomic E-state index is 0.304. The van der Waals surface area contributed by atoms with Crippen LogP contribution in [0.15, 0.2) is 66.9 Å². The van der Waals surface area contributed by atoms with Crippen LogP contribution < -0.4 is 5.32 Å². The zero-order valence-corrected chi connectivity index (χ0v) is 15.4. The number of fused-ring (bicyclic) bond motifs is 1. The van der Waals surface area contributed by atoms with Crippen molar-refractivity contribution in [2.45, 2.75) is 19.8 Å². The van der Waals surface area contributed by atoms with E-state index in [0.717, 1.165) is 34.0 Å². The van der Waals surface area contributed by atoms with E-state index in [4.69, 9.17) is 16.6 Å². The molecular formula is C21H19ClN4. The maximum Gasteiger partial charge on any atom is 0.165 e. The van der Waals surface area contributed by atoms with Gasteiger partial charge < -0.3 is 5.32 Å². The first-order valence-corrected chi connectivity index (χ1v) is 8.96. The van der Waals surface area contributed by atoms with E-state index in [0.29, 0.717) is 10.9 Å². The molecular weight excluding hydrogens is 344 g/mol. The fourth-order valence-electron chi connectivity index (χ4n) is 2.90. The van der Waals surface area contributed by atoms with E-state index in [2.05, 4.69) is 36.4 Å². The monoisotopic (exact) mass is 362 g/mol. The summed E-state index contributed by atoms with van der Waals surface area (Å²) in [6.07, 6.45) is 1.87. The molecule has 0 fully saturated rings. The Morgan fingerprint density at radius 3 is 2.54 bits per heavy atom. The fraction of sp³-hybridized carbons (Fsp3) is 0.143. The van der Waals surface area contributed by atoms with Crippen LogP contribution in [0.2, 0.25) is 5.02 Å². The highest BCUT2D eigenvalue weighted by molar-refractivity contribution is 6.30. The molecule has 5 heteroatoms. The van der Waals surface area contributed by atoms with Crippen molar-refractivity contribution in [1.82, 2.24) is 14.6 Å². The second kappa shape index (κ2) is 6.81. The van der Waals surface area contributed by atoms with Crippen LogP contribution in [0.5, 0.6) is 0 Å². The molecule has 0 aliphatic carbocycles. The van der Waals surface area contributed by atoms with Crippen molar-refractivity contribution in [1.29, 1.82) is 0 Å². The lowest BCUT2D eigenvalue weighted by Gasteiger charge is -2.13. The molecule has 0 saturated carbocycles. The maximum absolute atomic E-state index is 6.12. The minimum absolute atomic E-state index is 0.304. The zero-order valence-electron chi connectivity index (χ0n) is 14.6. The molecule has 2 heterocycles. The Labute approximate surface area is 157 Å². The number of halogens is 1. The van der Waals surface area contributed by atoms with Crippen molar-refractivity contribution in [2.75, 3.05) is 5.32 Å². The molecule has 4 nitrogen and oxygen atoms in total. The van der Waals surface area contributed by atoms with Crippen molar-refractivity contribution < 1.29 is 0 Å². The van der Waals surface area contributed by atoms with Crippen LogP contribution in [-0.2, 0) is 0 Å². The van der Waals surface area contributed by atoms with Gasteiger partial charge in [0.1, 0.15) is 5.82 Å². The van der Waals surface area contributed by atoms with Crippen LogP contribution in [0.4, 0.5) is 11.5 Å². The summed E-state index contributed by atoms with van der Waals surface area (Å²) >= 11 is 6.12. The largest absolute Gasteiger partial charge is 0.340 e.